The molecule has 0 saturated heterocycles. The highest BCUT2D eigenvalue weighted by Crippen LogP contribution is 2.37. The number of halogens is 4. The average Bonchev–Trinajstić information content (AvgIpc) is 3.23. The topological polar surface area (TPSA) is 49.4 Å². The molecule has 9 heteroatoms. The van der Waals surface area contributed by atoms with Gasteiger partial charge in [0, 0.05) is 12.6 Å². The molecule has 0 bridgehead atoms. The summed E-state index contributed by atoms with van der Waals surface area (Å²) >= 11 is 0. The zero-order valence-electron chi connectivity index (χ0n) is 12.7. The Kier molecular flexibility index (Phi) is 4.91. The normalized spacial score (nSPS) is 17.3. The number of benzene rings is 1. The van der Waals surface area contributed by atoms with Crippen LogP contribution in [-0.2, 0) is 9.84 Å². The fourth-order valence-electron chi connectivity index (χ4n) is 2.46. The summed E-state index contributed by atoms with van der Waals surface area (Å²) in [6.45, 7) is 0.281. The monoisotopic (exact) mass is 354 g/mol. The number of nitrogens with one attached hydrogen (secondary N) is 1. The van der Waals surface area contributed by atoms with Crippen molar-refractivity contribution in [2.45, 2.75) is 29.3 Å². The van der Waals surface area contributed by atoms with Crippen molar-refractivity contribution in [1.82, 2.24) is 4.90 Å². The molecule has 1 N–H and O–H groups in total. The summed E-state index contributed by atoms with van der Waals surface area (Å²) in [7, 11) is -1.92. The van der Waals surface area contributed by atoms with Gasteiger partial charge in [-0.2, -0.15) is 13.2 Å². The Labute approximate surface area is 132 Å². The minimum Gasteiger partial charge on any atom is -0.382 e. The smallest absolute Gasteiger partial charge is 0.382 e. The maximum atomic E-state index is 13.3. The van der Waals surface area contributed by atoms with Crippen molar-refractivity contribution in [1.29, 1.82) is 0 Å². The lowest BCUT2D eigenvalue weighted by atomic mass is 10.1. The second kappa shape index (κ2) is 6.27. The van der Waals surface area contributed by atoms with Crippen LogP contribution in [-0.4, -0.2) is 45.5 Å². The predicted octanol–water partition coefficient (Wildman–Crippen LogP) is 2.87. The van der Waals surface area contributed by atoms with Crippen molar-refractivity contribution in [2.24, 2.45) is 5.92 Å². The van der Waals surface area contributed by atoms with Gasteiger partial charge in [0.15, 0.2) is 0 Å². The lowest BCUT2D eigenvalue weighted by Crippen LogP contribution is -2.36. The Bertz CT molecular complexity index is 668. The van der Waals surface area contributed by atoms with Gasteiger partial charge in [0.1, 0.15) is 10.7 Å². The molecule has 0 aliphatic heterocycles. The minimum atomic E-state index is -5.62. The van der Waals surface area contributed by atoms with Gasteiger partial charge in [0.05, 0.1) is 5.69 Å². The number of nitrogens with zero attached hydrogens (tertiary/aromatic N) is 1. The molecular formula is C14H18F4N2O2S. The number of rotatable bonds is 6. The first-order chi connectivity index (χ1) is 10.5. The van der Waals surface area contributed by atoms with Crippen molar-refractivity contribution in [3.63, 3.8) is 0 Å². The van der Waals surface area contributed by atoms with E-state index in [4.69, 9.17) is 0 Å². The van der Waals surface area contributed by atoms with Crippen molar-refractivity contribution < 1.29 is 26.0 Å². The number of anilines is 1. The summed E-state index contributed by atoms with van der Waals surface area (Å²) in [4.78, 5) is 0.852. The van der Waals surface area contributed by atoms with Gasteiger partial charge in [0.2, 0.25) is 0 Å². The van der Waals surface area contributed by atoms with E-state index in [0.29, 0.717) is 12.0 Å². The molecule has 1 aromatic rings. The van der Waals surface area contributed by atoms with Gasteiger partial charge in [-0.1, -0.05) is 0 Å². The molecule has 1 aliphatic rings. The molecule has 130 valence electrons. The van der Waals surface area contributed by atoms with E-state index in [2.05, 4.69) is 5.32 Å². The lowest BCUT2D eigenvalue weighted by Gasteiger charge is -2.25. The number of hydrogen-bond acceptors (Lipinski definition) is 4. The van der Waals surface area contributed by atoms with Gasteiger partial charge in [-0.3, -0.25) is 0 Å². The maximum absolute atomic E-state index is 13.3. The summed E-state index contributed by atoms with van der Waals surface area (Å²) in [6.07, 6.45) is 2.06. The van der Waals surface area contributed by atoms with E-state index in [1.54, 1.807) is 0 Å². The molecule has 1 aliphatic carbocycles. The van der Waals surface area contributed by atoms with E-state index in [-0.39, 0.29) is 18.3 Å². The van der Waals surface area contributed by atoms with Crippen LogP contribution in [0, 0.1) is 11.7 Å². The highest BCUT2D eigenvalue weighted by molar-refractivity contribution is 7.92. The Morgan fingerprint density at radius 3 is 2.39 bits per heavy atom. The van der Waals surface area contributed by atoms with E-state index in [1.165, 1.54) is 0 Å². The Morgan fingerprint density at radius 1 is 1.30 bits per heavy atom. The Hall–Kier alpha value is -1.35. The van der Waals surface area contributed by atoms with Gasteiger partial charge in [0.25, 0.3) is 9.84 Å². The van der Waals surface area contributed by atoms with Gasteiger partial charge in [-0.25, -0.2) is 12.8 Å². The molecule has 0 radical (unpaired) electrons. The molecule has 1 fully saturated rings. The lowest BCUT2D eigenvalue weighted by molar-refractivity contribution is -0.0435. The standard InChI is InChI=1S/C14H18F4N2O2S/c1-20(2)12(9-3-4-9)8-19-11-6-5-10(15)7-13(11)23(21,22)14(16,17)18/h5-7,9,12,19H,3-4,8H2,1-2H3. The highest BCUT2D eigenvalue weighted by atomic mass is 32.2. The van der Waals surface area contributed by atoms with E-state index in [9.17, 15) is 26.0 Å². The van der Waals surface area contributed by atoms with Crippen LogP contribution in [0.4, 0.5) is 23.2 Å². The van der Waals surface area contributed by atoms with Gasteiger partial charge in [-0.05, 0) is 51.1 Å². The molecule has 2 rings (SSSR count). The van der Waals surface area contributed by atoms with Crippen molar-refractivity contribution >= 4 is 15.5 Å². The summed E-state index contributed by atoms with van der Waals surface area (Å²) in [5.74, 6) is -0.606. The Balaban J connectivity index is 2.29. The number of hydrogen-bond donors (Lipinski definition) is 1. The van der Waals surface area contributed by atoms with Gasteiger partial charge < -0.3 is 10.2 Å². The fraction of sp³-hybridized carbons (Fsp3) is 0.571. The second-order valence-corrected chi connectivity index (χ2v) is 7.75. The average molecular weight is 354 g/mol. The molecule has 1 atom stereocenters. The van der Waals surface area contributed by atoms with Gasteiger partial charge >= 0.3 is 5.51 Å². The summed E-state index contributed by atoms with van der Waals surface area (Å²) in [6, 6.07) is 2.42. The zero-order chi connectivity index (χ0) is 17.4. The van der Waals surface area contributed by atoms with Crippen molar-refractivity contribution in [3.8, 4) is 0 Å². The fourth-order valence-corrected chi connectivity index (χ4v) is 3.40. The first-order valence-electron chi connectivity index (χ1n) is 7.05. The number of sulfone groups is 1. The molecule has 0 amide bonds. The molecule has 1 aromatic carbocycles. The summed E-state index contributed by atoms with van der Waals surface area (Å²) in [5, 5.41) is 2.73. The molecule has 1 unspecified atom stereocenters. The molecule has 0 heterocycles. The van der Waals surface area contributed by atoms with Crippen LogP contribution in [0.5, 0.6) is 0 Å². The van der Waals surface area contributed by atoms with Crippen LogP contribution in [0.3, 0.4) is 0 Å². The van der Waals surface area contributed by atoms with Crippen molar-refractivity contribution in [2.75, 3.05) is 26.0 Å². The molecule has 23 heavy (non-hydrogen) atoms. The van der Waals surface area contributed by atoms with E-state index >= 15 is 0 Å². The van der Waals surface area contributed by atoms with Crippen LogP contribution in [0.2, 0.25) is 0 Å². The third-order valence-corrected chi connectivity index (χ3v) is 5.40. The molecule has 0 spiro atoms. The maximum Gasteiger partial charge on any atom is 0.501 e. The Morgan fingerprint density at radius 2 is 1.91 bits per heavy atom. The van der Waals surface area contributed by atoms with Crippen LogP contribution in [0.25, 0.3) is 0 Å². The number of likely N-dealkylation sites (N-methyl/N-ethyl adjacent to an activating group) is 1. The summed E-state index contributed by atoms with van der Waals surface area (Å²) < 4.78 is 74.7. The van der Waals surface area contributed by atoms with E-state index < -0.39 is 26.1 Å². The number of alkyl halides is 3. The third-order valence-electron chi connectivity index (χ3n) is 3.87. The van der Waals surface area contributed by atoms with E-state index in [1.807, 2.05) is 19.0 Å². The van der Waals surface area contributed by atoms with Crippen LogP contribution in [0.15, 0.2) is 23.1 Å². The quantitative estimate of drug-likeness (QED) is 0.798. The summed E-state index contributed by atoms with van der Waals surface area (Å²) in [5.41, 5.74) is -5.72. The van der Waals surface area contributed by atoms with Gasteiger partial charge in [-0.15, -0.1) is 0 Å². The molecule has 1 saturated carbocycles. The largest absolute Gasteiger partial charge is 0.501 e. The minimum absolute atomic E-state index is 0.0708. The second-order valence-electron chi connectivity index (χ2n) is 5.84. The zero-order valence-corrected chi connectivity index (χ0v) is 13.5. The van der Waals surface area contributed by atoms with Crippen LogP contribution >= 0.6 is 0 Å². The third kappa shape index (κ3) is 3.95. The van der Waals surface area contributed by atoms with Crippen LogP contribution < -0.4 is 5.32 Å². The van der Waals surface area contributed by atoms with Crippen LogP contribution in [0.1, 0.15) is 12.8 Å². The highest BCUT2D eigenvalue weighted by Gasteiger charge is 2.48. The predicted molar refractivity (Wildman–Crippen MR) is 78.3 cm³/mol. The van der Waals surface area contributed by atoms with Crippen molar-refractivity contribution in [3.05, 3.63) is 24.0 Å². The first kappa shape index (κ1) is 18.0. The molecule has 0 aromatic heterocycles. The first-order valence-corrected chi connectivity index (χ1v) is 8.53. The molecular weight excluding hydrogens is 336 g/mol. The molecule has 4 nitrogen and oxygen atoms in total. The SMILES string of the molecule is CN(C)C(CNc1ccc(F)cc1S(=O)(=O)C(F)(F)F)C1CC1. The van der Waals surface area contributed by atoms with E-state index in [0.717, 1.165) is 25.0 Å².